The SMILES string of the molecule is N#Cc1cc(CSCC2CNC2)ccc1F. The van der Waals surface area contributed by atoms with Crippen LogP contribution < -0.4 is 5.32 Å². The zero-order valence-electron chi connectivity index (χ0n) is 8.87. The van der Waals surface area contributed by atoms with Crippen molar-refractivity contribution >= 4 is 11.8 Å². The van der Waals surface area contributed by atoms with Gasteiger partial charge in [0, 0.05) is 5.75 Å². The van der Waals surface area contributed by atoms with Gasteiger partial charge in [-0.3, -0.25) is 0 Å². The summed E-state index contributed by atoms with van der Waals surface area (Å²) in [5, 5.41) is 11.9. The third kappa shape index (κ3) is 2.75. The van der Waals surface area contributed by atoms with Gasteiger partial charge in [0.25, 0.3) is 0 Å². The fraction of sp³-hybridized carbons (Fsp3) is 0.417. The quantitative estimate of drug-likeness (QED) is 0.870. The molecule has 0 unspecified atom stereocenters. The Morgan fingerprint density at radius 3 is 2.94 bits per heavy atom. The van der Waals surface area contributed by atoms with Crippen molar-refractivity contribution in [2.24, 2.45) is 5.92 Å². The van der Waals surface area contributed by atoms with E-state index in [0.29, 0.717) is 0 Å². The van der Waals surface area contributed by atoms with Crippen LogP contribution in [0.1, 0.15) is 11.1 Å². The first-order valence-electron chi connectivity index (χ1n) is 5.26. The summed E-state index contributed by atoms with van der Waals surface area (Å²) in [6, 6.07) is 6.63. The molecule has 0 saturated carbocycles. The standard InChI is InChI=1S/C12H13FN2S/c13-12-2-1-9(3-11(12)4-14)7-16-8-10-5-15-6-10/h1-3,10,15H,5-8H2. The monoisotopic (exact) mass is 236 g/mol. The smallest absolute Gasteiger partial charge is 0.140 e. The van der Waals surface area contributed by atoms with Gasteiger partial charge >= 0.3 is 0 Å². The van der Waals surface area contributed by atoms with Gasteiger partial charge < -0.3 is 5.32 Å². The van der Waals surface area contributed by atoms with Crippen molar-refractivity contribution in [2.45, 2.75) is 5.75 Å². The second-order valence-electron chi connectivity index (χ2n) is 3.97. The fourth-order valence-electron chi connectivity index (χ4n) is 1.56. The first-order valence-corrected chi connectivity index (χ1v) is 6.42. The van der Waals surface area contributed by atoms with Crippen molar-refractivity contribution in [1.29, 1.82) is 5.26 Å². The highest BCUT2D eigenvalue weighted by Gasteiger charge is 2.16. The average Bonchev–Trinajstić information content (AvgIpc) is 2.24. The van der Waals surface area contributed by atoms with Crippen molar-refractivity contribution in [3.05, 3.63) is 35.1 Å². The number of nitrogens with one attached hydrogen (secondary N) is 1. The minimum Gasteiger partial charge on any atom is -0.316 e. The zero-order chi connectivity index (χ0) is 11.4. The summed E-state index contributed by atoms with van der Waals surface area (Å²) in [6.45, 7) is 2.22. The normalized spacial score (nSPS) is 15.5. The summed E-state index contributed by atoms with van der Waals surface area (Å²) < 4.78 is 13.0. The van der Waals surface area contributed by atoms with Crippen molar-refractivity contribution < 1.29 is 4.39 Å². The molecule has 0 spiro atoms. The van der Waals surface area contributed by atoms with Crippen molar-refractivity contribution in [2.75, 3.05) is 18.8 Å². The number of hydrogen-bond donors (Lipinski definition) is 1. The van der Waals surface area contributed by atoms with Gasteiger partial charge in [-0.1, -0.05) is 6.07 Å². The van der Waals surface area contributed by atoms with E-state index in [4.69, 9.17) is 5.26 Å². The predicted octanol–water partition coefficient (Wildman–Crippen LogP) is 2.15. The second kappa shape index (κ2) is 5.33. The summed E-state index contributed by atoms with van der Waals surface area (Å²) in [6.07, 6.45) is 0. The van der Waals surface area contributed by atoms with E-state index in [-0.39, 0.29) is 5.56 Å². The Morgan fingerprint density at radius 2 is 2.31 bits per heavy atom. The molecule has 1 aliphatic heterocycles. The molecule has 4 heteroatoms. The highest BCUT2D eigenvalue weighted by Crippen LogP contribution is 2.19. The molecule has 1 saturated heterocycles. The van der Waals surface area contributed by atoms with E-state index in [9.17, 15) is 4.39 Å². The average molecular weight is 236 g/mol. The van der Waals surface area contributed by atoms with Crippen LogP contribution >= 0.6 is 11.8 Å². The Hall–Kier alpha value is -1.05. The molecule has 2 nitrogen and oxygen atoms in total. The van der Waals surface area contributed by atoms with Gasteiger partial charge in [-0.05, 0) is 42.5 Å². The molecule has 84 valence electrons. The van der Waals surface area contributed by atoms with Crippen LogP contribution in [0.25, 0.3) is 0 Å². The first-order chi connectivity index (χ1) is 7.79. The van der Waals surface area contributed by atoms with Crippen LogP contribution in [0.5, 0.6) is 0 Å². The van der Waals surface area contributed by atoms with Crippen LogP contribution in [0.3, 0.4) is 0 Å². The Balaban J connectivity index is 1.86. The Bertz CT molecular complexity index is 410. The minimum absolute atomic E-state index is 0.142. The maximum atomic E-state index is 13.0. The topological polar surface area (TPSA) is 35.8 Å². The maximum absolute atomic E-state index is 13.0. The first kappa shape index (κ1) is 11.4. The lowest BCUT2D eigenvalue weighted by Crippen LogP contribution is -2.43. The van der Waals surface area contributed by atoms with Gasteiger partial charge in [0.15, 0.2) is 0 Å². The van der Waals surface area contributed by atoms with Crippen LogP contribution in [-0.2, 0) is 5.75 Å². The molecule has 0 amide bonds. The summed E-state index contributed by atoms with van der Waals surface area (Å²) in [4.78, 5) is 0. The Kier molecular flexibility index (Phi) is 3.81. The molecule has 0 radical (unpaired) electrons. The molecule has 0 aliphatic carbocycles. The molecule has 1 fully saturated rings. The third-order valence-corrected chi connectivity index (χ3v) is 3.88. The van der Waals surface area contributed by atoms with Gasteiger partial charge in [-0.15, -0.1) is 0 Å². The molecule has 1 N–H and O–H groups in total. The van der Waals surface area contributed by atoms with Crippen molar-refractivity contribution in [3.8, 4) is 6.07 Å². The number of nitriles is 1. The lowest BCUT2D eigenvalue weighted by atomic mass is 10.1. The number of halogens is 1. The van der Waals surface area contributed by atoms with Gasteiger partial charge in [0.05, 0.1) is 5.56 Å². The number of hydrogen-bond acceptors (Lipinski definition) is 3. The highest BCUT2D eigenvalue weighted by molar-refractivity contribution is 7.98. The maximum Gasteiger partial charge on any atom is 0.140 e. The second-order valence-corrected chi connectivity index (χ2v) is 5.00. The lowest BCUT2D eigenvalue weighted by Gasteiger charge is -2.26. The molecule has 1 heterocycles. The molecular formula is C12H13FN2S. The van der Waals surface area contributed by atoms with E-state index in [1.165, 1.54) is 6.07 Å². The van der Waals surface area contributed by atoms with Crippen molar-refractivity contribution in [3.63, 3.8) is 0 Å². The van der Waals surface area contributed by atoms with Crippen LogP contribution in [0.2, 0.25) is 0 Å². The van der Waals surface area contributed by atoms with E-state index in [1.54, 1.807) is 12.1 Å². The van der Waals surface area contributed by atoms with Crippen LogP contribution in [0.4, 0.5) is 4.39 Å². The highest BCUT2D eigenvalue weighted by atomic mass is 32.2. The van der Waals surface area contributed by atoms with Crippen LogP contribution in [0, 0.1) is 23.1 Å². The van der Waals surface area contributed by atoms with Crippen LogP contribution in [0.15, 0.2) is 18.2 Å². The number of rotatable bonds is 4. The molecule has 1 aromatic carbocycles. The number of thioether (sulfide) groups is 1. The van der Waals surface area contributed by atoms with Crippen LogP contribution in [-0.4, -0.2) is 18.8 Å². The largest absolute Gasteiger partial charge is 0.316 e. The Labute approximate surface area is 98.8 Å². The molecular weight excluding hydrogens is 223 g/mol. The number of nitrogens with zero attached hydrogens (tertiary/aromatic N) is 1. The molecule has 2 rings (SSSR count). The van der Waals surface area contributed by atoms with E-state index in [2.05, 4.69) is 5.32 Å². The molecule has 16 heavy (non-hydrogen) atoms. The molecule has 1 aliphatic rings. The van der Waals surface area contributed by atoms with Gasteiger partial charge in [-0.25, -0.2) is 4.39 Å². The minimum atomic E-state index is -0.431. The summed E-state index contributed by atoms with van der Waals surface area (Å²) in [7, 11) is 0. The van der Waals surface area contributed by atoms with E-state index < -0.39 is 5.82 Å². The van der Waals surface area contributed by atoms with Crippen molar-refractivity contribution in [1.82, 2.24) is 5.32 Å². The summed E-state index contributed by atoms with van der Waals surface area (Å²) >= 11 is 1.84. The Morgan fingerprint density at radius 1 is 1.50 bits per heavy atom. The molecule has 1 aromatic rings. The van der Waals surface area contributed by atoms with E-state index in [1.807, 2.05) is 17.8 Å². The lowest BCUT2D eigenvalue weighted by molar-refractivity contribution is 0.385. The summed E-state index contributed by atoms with van der Waals surface area (Å²) in [5.74, 6) is 2.33. The number of benzene rings is 1. The predicted molar refractivity (Wildman–Crippen MR) is 63.6 cm³/mol. The fourth-order valence-corrected chi connectivity index (χ4v) is 2.66. The van der Waals surface area contributed by atoms with E-state index in [0.717, 1.165) is 36.1 Å². The van der Waals surface area contributed by atoms with Gasteiger partial charge in [0.2, 0.25) is 0 Å². The molecule has 0 atom stereocenters. The summed E-state index contributed by atoms with van der Waals surface area (Å²) in [5.41, 5.74) is 1.17. The third-order valence-electron chi connectivity index (χ3n) is 2.64. The molecule has 0 aromatic heterocycles. The van der Waals surface area contributed by atoms with E-state index >= 15 is 0 Å². The van der Waals surface area contributed by atoms with Gasteiger partial charge in [0.1, 0.15) is 11.9 Å². The van der Waals surface area contributed by atoms with Gasteiger partial charge in [-0.2, -0.15) is 17.0 Å². The molecule has 0 bridgehead atoms. The zero-order valence-corrected chi connectivity index (χ0v) is 9.69.